The number of benzene rings is 1. The molecule has 0 saturated carbocycles. The summed E-state index contributed by atoms with van der Waals surface area (Å²) < 4.78 is 1.03. The first kappa shape index (κ1) is 12.2. The highest BCUT2D eigenvalue weighted by atomic mass is 79.9. The summed E-state index contributed by atoms with van der Waals surface area (Å²) in [5, 5.41) is 9.11. The summed E-state index contributed by atoms with van der Waals surface area (Å²) in [6.45, 7) is 0.609. The van der Waals surface area contributed by atoms with E-state index < -0.39 is 6.09 Å². The second-order valence-corrected chi connectivity index (χ2v) is 4.99. The molecule has 1 aliphatic heterocycles. The average molecular weight is 296 g/mol. The lowest BCUT2D eigenvalue weighted by atomic mass is 10.1. The van der Waals surface area contributed by atoms with Crippen molar-refractivity contribution in [2.24, 2.45) is 0 Å². The highest BCUT2D eigenvalue weighted by molar-refractivity contribution is 9.10. The van der Waals surface area contributed by atoms with Crippen molar-refractivity contribution in [2.45, 2.75) is 19.3 Å². The minimum atomic E-state index is -0.854. The first-order valence-corrected chi connectivity index (χ1v) is 6.43. The number of likely N-dealkylation sites (tertiary alicyclic amines) is 1. The molecule has 0 aromatic heterocycles. The maximum absolute atomic E-state index is 11.1. The molecule has 1 N–H and O–H groups in total. The minimum Gasteiger partial charge on any atom is -0.465 e. The molecule has 1 aliphatic rings. The Balaban J connectivity index is 2.23. The first-order chi connectivity index (χ1) is 8.16. The van der Waals surface area contributed by atoms with Crippen LogP contribution >= 0.6 is 15.9 Å². The summed E-state index contributed by atoms with van der Waals surface area (Å²) in [6.07, 6.45) is 3.95. The van der Waals surface area contributed by atoms with Gasteiger partial charge in [-0.05, 0) is 43.0 Å². The smallest absolute Gasteiger partial charge is 0.411 e. The van der Waals surface area contributed by atoms with Crippen molar-refractivity contribution >= 4 is 28.1 Å². The number of carbonyl (C=O) groups is 1. The second-order valence-electron chi connectivity index (χ2n) is 4.08. The molecular weight excluding hydrogens is 282 g/mol. The fraction of sp³-hybridized carbons (Fsp3) is 0.308. The van der Waals surface area contributed by atoms with Crippen LogP contribution in [0.4, 0.5) is 4.79 Å². The molecule has 0 unspecified atom stereocenters. The van der Waals surface area contributed by atoms with Crippen LogP contribution in [0.1, 0.15) is 24.8 Å². The third kappa shape index (κ3) is 3.09. The van der Waals surface area contributed by atoms with Crippen LogP contribution in [0.5, 0.6) is 0 Å². The van der Waals surface area contributed by atoms with E-state index in [-0.39, 0.29) is 0 Å². The molecule has 1 amide bonds. The van der Waals surface area contributed by atoms with Gasteiger partial charge >= 0.3 is 6.09 Å². The number of hydrogen-bond donors (Lipinski definition) is 1. The van der Waals surface area contributed by atoms with Crippen LogP contribution in [0.2, 0.25) is 0 Å². The highest BCUT2D eigenvalue weighted by Crippen LogP contribution is 2.23. The molecule has 1 aromatic rings. The molecule has 0 atom stereocenters. The van der Waals surface area contributed by atoms with Gasteiger partial charge in [0.1, 0.15) is 0 Å². The van der Waals surface area contributed by atoms with E-state index in [1.54, 1.807) is 0 Å². The van der Waals surface area contributed by atoms with Crippen molar-refractivity contribution in [3.8, 4) is 0 Å². The van der Waals surface area contributed by atoms with E-state index in [1.807, 2.05) is 30.3 Å². The summed E-state index contributed by atoms with van der Waals surface area (Å²) in [6, 6.07) is 7.87. The summed E-state index contributed by atoms with van der Waals surface area (Å²) in [4.78, 5) is 12.5. The zero-order valence-electron chi connectivity index (χ0n) is 9.40. The van der Waals surface area contributed by atoms with E-state index in [9.17, 15) is 4.79 Å². The monoisotopic (exact) mass is 295 g/mol. The number of nitrogens with zero attached hydrogens (tertiary/aromatic N) is 1. The predicted molar refractivity (Wildman–Crippen MR) is 70.7 cm³/mol. The number of rotatable bonds is 1. The summed E-state index contributed by atoms with van der Waals surface area (Å²) in [5.74, 6) is 0. The third-order valence-electron chi connectivity index (χ3n) is 2.85. The molecule has 2 rings (SSSR count). The summed E-state index contributed by atoms with van der Waals surface area (Å²) >= 11 is 3.38. The van der Waals surface area contributed by atoms with E-state index in [1.165, 1.54) is 4.90 Å². The van der Waals surface area contributed by atoms with Crippen LogP contribution in [0.25, 0.3) is 6.08 Å². The van der Waals surface area contributed by atoms with E-state index in [0.29, 0.717) is 6.54 Å². The Morgan fingerprint density at radius 1 is 1.29 bits per heavy atom. The fourth-order valence-electron chi connectivity index (χ4n) is 1.97. The maximum Gasteiger partial charge on any atom is 0.411 e. The van der Waals surface area contributed by atoms with Gasteiger partial charge in [-0.2, -0.15) is 0 Å². The summed E-state index contributed by atoms with van der Waals surface area (Å²) in [7, 11) is 0. The number of halogens is 1. The van der Waals surface area contributed by atoms with Crippen LogP contribution in [0, 0.1) is 0 Å². The normalized spacial score (nSPS) is 18.4. The standard InChI is InChI=1S/C13H14BrNO2/c14-11-6-4-10(5-7-11)9-12-3-1-2-8-15(12)13(16)17/h4-7,9H,1-3,8H2,(H,16,17)/b12-9-. The molecule has 4 heteroatoms. The zero-order valence-corrected chi connectivity index (χ0v) is 11.0. The third-order valence-corrected chi connectivity index (χ3v) is 3.37. The Kier molecular flexibility index (Phi) is 3.84. The topological polar surface area (TPSA) is 40.5 Å². The molecule has 3 nitrogen and oxygen atoms in total. The van der Waals surface area contributed by atoms with Crippen LogP contribution in [-0.2, 0) is 0 Å². The van der Waals surface area contributed by atoms with Crippen molar-refractivity contribution in [1.82, 2.24) is 4.90 Å². The van der Waals surface area contributed by atoms with Crippen molar-refractivity contribution in [1.29, 1.82) is 0 Å². The molecule has 1 fully saturated rings. The number of hydrogen-bond acceptors (Lipinski definition) is 1. The van der Waals surface area contributed by atoms with Gasteiger partial charge in [-0.15, -0.1) is 0 Å². The van der Waals surface area contributed by atoms with Crippen LogP contribution < -0.4 is 0 Å². The minimum absolute atomic E-state index is 0.609. The van der Waals surface area contributed by atoms with Crippen molar-refractivity contribution in [3.05, 3.63) is 40.0 Å². The summed E-state index contributed by atoms with van der Waals surface area (Å²) in [5.41, 5.74) is 1.93. The van der Waals surface area contributed by atoms with Gasteiger partial charge in [-0.1, -0.05) is 28.1 Å². The molecule has 1 heterocycles. The lowest BCUT2D eigenvalue weighted by Gasteiger charge is -2.27. The Morgan fingerprint density at radius 3 is 2.65 bits per heavy atom. The van der Waals surface area contributed by atoms with Crippen molar-refractivity contribution in [2.75, 3.05) is 6.54 Å². The van der Waals surface area contributed by atoms with Gasteiger partial charge in [0, 0.05) is 16.7 Å². The highest BCUT2D eigenvalue weighted by Gasteiger charge is 2.20. The molecule has 0 bridgehead atoms. The molecule has 0 radical (unpaired) electrons. The van der Waals surface area contributed by atoms with Gasteiger partial charge in [-0.3, -0.25) is 4.90 Å². The van der Waals surface area contributed by atoms with E-state index >= 15 is 0 Å². The van der Waals surface area contributed by atoms with E-state index in [0.717, 1.165) is 35.0 Å². The Bertz CT molecular complexity index is 439. The fourth-order valence-corrected chi connectivity index (χ4v) is 2.24. The van der Waals surface area contributed by atoms with Crippen LogP contribution in [0.15, 0.2) is 34.4 Å². The second kappa shape index (κ2) is 5.36. The molecule has 0 spiro atoms. The molecule has 17 heavy (non-hydrogen) atoms. The SMILES string of the molecule is O=C(O)N1CCCC/C1=C/c1ccc(Br)cc1. The van der Waals surface area contributed by atoms with E-state index in [2.05, 4.69) is 15.9 Å². The van der Waals surface area contributed by atoms with Gasteiger partial charge in [0.05, 0.1) is 0 Å². The lowest BCUT2D eigenvalue weighted by molar-refractivity contribution is 0.152. The molecule has 1 saturated heterocycles. The van der Waals surface area contributed by atoms with Gasteiger partial charge < -0.3 is 5.11 Å². The zero-order chi connectivity index (χ0) is 12.3. The largest absolute Gasteiger partial charge is 0.465 e. The van der Waals surface area contributed by atoms with Gasteiger partial charge in [0.15, 0.2) is 0 Å². The van der Waals surface area contributed by atoms with Gasteiger partial charge in [0.25, 0.3) is 0 Å². The number of piperidine rings is 1. The van der Waals surface area contributed by atoms with Crippen molar-refractivity contribution < 1.29 is 9.90 Å². The lowest BCUT2D eigenvalue weighted by Crippen LogP contribution is -2.32. The maximum atomic E-state index is 11.1. The quantitative estimate of drug-likeness (QED) is 0.852. The number of amides is 1. The molecule has 0 aliphatic carbocycles. The van der Waals surface area contributed by atoms with E-state index in [4.69, 9.17) is 5.11 Å². The average Bonchev–Trinajstić information content (AvgIpc) is 2.32. The van der Waals surface area contributed by atoms with Crippen molar-refractivity contribution in [3.63, 3.8) is 0 Å². The predicted octanol–water partition coefficient (Wildman–Crippen LogP) is 3.95. The van der Waals surface area contributed by atoms with Gasteiger partial charge in [0.2, 0.25) is 0 Å². The van der Waals surface area contributed by atoms with Crippen LogP contribution in [0.3, 0.4) is 0 Å². The molecule has 90 valence electrons. The van der Waals surface area contributed by atoms with Gasteiger partial charge in [-0.25, -0.2) is 4.79 Å². The number of carboxylic acid groups (broad SMARTS) is 1. The molecule has 1 aromatic carbocycles. The first-order valence-electron chi connectivity index (χ1n) is 5.63. The van der Waals surface area contributed by atoms with Crippen LogP contribution in [-0.4, -0.2) is 22.6 Å². The Labute approximate surface area is 109 Å². The number of allylic oxidation sites excluding steroid dienone is 1. The Morgan fingerprint density at radius 2 is 2.00 bits per heavy atom. The Hall–Kier alpha value is -1.29. The molecular formula is C13H14BrNO2.